The number of hydrogen-bond donors (Lipinski definition) is 2. The van der Waals surface area contributed by atoms with Gasteiger partial charge < -0.3 is 20.1 Å². The lowest BCUT2D eigenvalue weighted by Crippen LogP contribution is -2.50. The van der Waals surface area contributed by atoms with Crippen LogP contribution in [0.3, 0.4) is 0 Å². The SMILES string of the molecule is COc1cccc(CN(C(=O)NC2(C(=O)O)CC2)[C@@H]2CCCc3ccccc32)c1. The lowest BCUT2D eigenvalue weighted by atomic mass is 9.86. The number of nitrogens with zero attached hydrogens (tertiary/aromatic N) is 1. The summed E-state index contributed by atoms with van der Waals surface area (Å²) in [6, 6.07) is 15.4. The Morgan fingerprint density at radius 1 is 1.21 bits per heavy atom. The summed E-state index contributed by atoms with van der Waals surface area (Å²) in [7, 11) is 1.62. The van der Waals surface area contributed by atoms with E-state index in [1.165, 1.54) is 5.56 Å². The molecule has 29 heavy (non-hydrogen) atoms. The van der Waals surface area contributed by atoms with Crippen LogP contribution in [0.1, 0.15) is 48.4 Å². The van der Waals surface area contributed by atoms with Crippen LogP contribution in [0.4, 0.5) is 4.79 Å². The predicted molar refractivity (Wildman–Crippen MR) is 109 cm³/mol. The molecule has 1 saturated carbocycles. The van der Waals surface area contributed by atoms with Crippen molar-refractivity contribution in [3.63, 3.8) is 0 Å². The summed E-state index contributed by atoms with van der Waals surface area (Å²) in [5, 5.41) is 12.3. The van der Waals surface area contributed by atoms with Gasteiger partial charge in [-0.05, 0) is 60.9 Å². The largest absolute Gasteiger partial charge is 0.497 e. The summed E-state index contributed by atoms with van der Waals surface area (Å²) < 4.78 is 5.32. The molecule has 0 radical (unpaired) electrons. The Morgan fingerprint density at radius 3 is 2.72 bits per heavy atom. The molecule has 0 heterocycles. The molecule has 0 spiro atoms. The van der Waals surface area contributed by atoms with Crippen LogP contribution >= 0.6 is 0 Å². The van der Waals surface area contributed by atoms with E-state index in [0.29, 0.717) is 19.4 Å². The quantitative estimate of drug-likeness (QED) is 0.779. The monoisotopic (exact) mass is 394 g/mol. The Balaban J connectivity index is 1.65. The number of rotatable bonds is 6. The standard InChI is InChI=1S/C23H26N2O4/c1-29-18-9-4-6-16(14-18)15-25(22(28)24-23(12-13-23)21(26)27)20-11-5-8-17-7-2-3-10-19(17)20/h2-4,6-7,9-10,14,20H,5,8,11-13,15H2,1H3,(H,24,28)(H,26,27)/t20-/m1/s1. The third-order valence-electron chi connectivity index (χ3n) is 5.97. The number of urea groups is 1. The number of carboxylic acid groups (broad SMARTS) is 1. The van der Waals surface area contributed by atoms with E-state index < -0.39 is 11.5 Å². The maximum Gasteiger partial charge on any atom is 0.329 e. The molecule has 2 aromatic carbocycles. The first-order valence-corrected chi connectivity index (χ1v) is 10.1. The molecule has 2 aromatic rings. The highest BCUT2D eigenvalue weighted by Gasteiger charge is 2.52. The zero-order valence-corrected chi connectivity index (χ0v) is 16.6. The summed E-state index contributed by atoms with van der Waals surface area (Å²) in [4.78, 5) is 26.7. The normalized spacial score (nSPS) is 19.0. The van der Waals surface area contributed by atoms with Crippen LogP contribution in [0.25, 0.3) is 0 Å². The van der Waals surface area contributed by atoms with Crippen molar-refractivity contribution in [3.8, 4) is 5.75 Å². The van der Waals surface area contributed by atoms with Crippen LogP contribution in [-0.2, 0) is 17.8 Å². The molecule has 1 atom stereocenters. The Hall–Kier alpha value is -3.02. The second-order valence-electron chi connectivity index (χ2n) is 7.90. The zero-order chi connectivity index (χ0) is 20.4. The van der Waals surface area contributed by atoms with Crippen molar-refractivity contribution in [2.75, 3.05) is 7.11 Å². The first-order valence-electron chi connectivity index (χ1n) is 10.1. The average molecular weight is 394 g/mol. The van der Waals surface area contributed by atoms with E-state index in [0.717, 1.165) is 36.1 Å². The first-order chi connectivity index (χ1) is 14.0. The molecule has 0 aromatic heterocycles. The summed E-state index contributed by atoms with van der Waals surface area (Å²) in [5.74, 6) is -0.229. The number of amides is 2. The second kappa shape index (κ2) is 7.78. The fourth-order valence-electron chi connectivity index (χ4n) is 4.14. The number of carboxylic acids is 1. The highest BCUT2D eigenvalue weighted by Crippen LogP contribution is 2.38. The number of hydrogen-bond acceptors (Lipinski definition) is 3. The molecule has 0 unspecified atom stereocenters. The number of carbonyl (C=O) groups excluding carboxylic acids is 1. The molecule has 2 amide bonds. The topological polar surface area (TPSA) is 78.9 Å². The van der Waals surface area contributed by atoms with E-state index in [2.05, 4.69) is 17.4 Å². The molecule has 4 rings (SSSR count). The molecule has 6 nitrogen and oxygen atoms in total. The van der Waals surface area contributed by atoms with Crippen molar-refractivity contribution in [1.29, 1.82) is 0 Å². The average Bonchev–Trinajstić information content (AvgIpc) is 3.52. The number of carbonyl (C=O) groups is 2. The fraction of sp³-hybridized carbons (Fsp3) is 0.391. The summed E-state index contributed by atoms with van der Waals surface area (Å²) in [6.07, 6.45) is 3.80. The number of methoxy groups -OCH3 is 1. The highest BCUT2D eigenvalue weighted by atomic mass is 16.5. The van der Waals surface area contributed by atoms with Gasteiger partial charge in [0.25, 0.3) is 0 Å². The van der Waals surface area contributed by atoms with Gasteiger partial charge in [-0.3, -0.25) is 0 Å². The number of fused-ring (bicyclic) bond motifs is 1. The number of nitrogens with one attached hydrogen (secondary N) is 1. The van der Waals surface area contributed by atoms with Gasteiger partial charge in [0.1, 0.15) is 11.3 Å². The Bertz CT molecular complexity index is 923. The lowest BCUT2D eigenvalue weighted by Gasteiger charge is -2.36. The molecule has 2 N–H and O–H groups in total. The summed E-state index contributed by atoms with van der Waals surface area (Å²) >= 11 is 0. The molecule has 0 bridgehead atoms. The summed E-state index contributed by atoms with van der Waals surface area (Å²) in [6.45, 7) is 0.387. The second-order valence-corrected chi connectivity index (χ2v) is 7.90. The first kappa shape index (κ1) is 19.3. The Kier molecular flexibility index (Phi) is 5.18. The molecule has 2 aliphatic rings. The van der Waals surface area contributed by atoms with Gasteiger partial charge >= 0.3 is 12.0 Å². The van der Waals surface area contributed by atoms with Gasteiger partial charge in [0.2, 0.25) is 0 Å². The molecule has 2 aliphatic carbocycles. The molecule has 0 saturated heterocycles. The van der Waals surface area contributed by atoms with Crippen molar-refractivity contribution in [3.05, 3.63) is 65.2 Å². The van der Waals surface area contributed by atoms with Crippen LogP contribution < -0.4 is 10.1 Å². The minimum atomic E-state index is -1.11. The van der Waals surface area contributed by atoms with E-state index in [1.807, 2.05) is 36.4 Å². The highest BCUT2D eigenvalue weighted by molar-refractivity contribution is 5.89. The minimum Gasteiger partial charge on any atom is -0.497 e. The van der Waals surface area contributed by atoms with E-state index in [4.69, 9.17) is 4.74 Å². The molecule has 152 valence electrons. The van der Waals surface area contributed by atoms with Crippen LogP contribution in [0.15, 0.2) is 48.5 Å². The van der Waals surface area contributed by atoms with Gasteiger partial charge in [0.05, 0.1) is 13.2 Å². The molecular weight excluding hydrogens is 368 g/mol. The molecule has 0 aliphatic heterocycles. The van der Waals surface area contributed by atoms with E-state index >= 15 is 0 Å². The van der Waals surface area contributed by atoms with Crippen molar-refractivity contribution in [1.82, 2.24) is 10.2 Å². The van der Waals surface area contributed by atoms with Crippen molar-refractivity contribution >= 4 is 12.0 Å². The number of aliphatic carboxylic acids is 1. The van der Waals surface area contributed by atoms with Gasteiger partial charge in [0.15, 0.2) is 0 Å². The van der Waals surface area contributed by atoms with Gasteiger partial charge in [-0.15, -0.1) is 0 Å². The fourth-order valence-corrected chi connectivity index (χ4v) is 4.14. The van der Waals surface area contributed by atoms with Gasteiger partial charge in [0, 0.05) is 6.54 Å². The van der Waals surface area contributed by atoms with Gasteiger partial charge in [-0.25, -0.2) is 9.59 Å². The summed E-state index contributed by atoms with van der Waals surface area (Å²) in [5.41, 5.74) is 2.24. The van der Waals surface area contributed by atoms with E-state index in [9.17, 15) is 14.7 Å². The Morgan fingerprint density at radius 2 is 2.00 bits per heavy atom. The van der Waals surface area contributed by atoms with Crippen LogP contribution in [-0.4, -0.2) is 34.7 Å². The van der Waals surface area contributed by atoms with Gasteiger partial charge in [-0.1, -0.05) is 36.4 Å². The Labute approximate surface area is 170 Å². The van der Waals surface area contributed by atoms with Crippen molar-refractivity contribution in [2.24, 2.45) is 0 Å². The predicted octanol–water partition coefficient (Wildman–Crippen LogP) is 3.90. The van der Waals surface area contributed by atoms with Crippen LogP contribution in [0.2, 0.25) is 0 Å². The maximum absolute atomic E-state index is 13.3. The molecule has 1 fully saturated rings. The lowest BCUT2D eigenvalue weighted by molar-refractivity contribution is -0.140. The zero-order valence-electron chi connectivity index (χ0n) is 16.6. The smallest absolute Gasteiger partial charge is 0.329 e. The maximum atomic E-state index is 13.3. The molecular formula is C23H26N2O4. The van der Waals surface area contributed by atoms with Crippen LogP contribution in [0.5, 0.6) is 5.75 Å². The van der Waals surface area contributed by atoms with Crippen molar-refractivity contribution < 1.29 is 19.4 Å². The van der Waals surface area contributed by atoms with Crippen molar-refractivity contribution in [2.45, 2.75) is 50.2 Å². The third-order valence-corrected chi connectivity index (χ3v) is 5.97. The number of aryl methyl sites for hydroxylation is 1. The molecule has 6 heteroatoms. The number of ether oxygens (including phenoxy) is 1. The third kappa shape index (κ3) is 3.92. The minimum absolute atomic E-state index is 0.0873. The van der Waals surface area contributed by atoms with Crippen LogP contribution in [0, 0.1) is 0 Å². The van der Waals surface area contributed by atoms with E-state index in [-0.39, 0.29) is 12.1 Å². The number of benzene rings is 2. The van der Waals surface area contributed by atoms with E-state index in [1.54, 1.807) is 12.0 Å². The van der Waals surface area contributed by atoms with Gasteiger partial charge in [-0.2, -0.15) is 0 Å².